The Kier molecular flexibility index (Phi) is 4.26. The van der Waals surface area contributed by atoms with Gasteiger partial charge in [-0.15, -0.1) is 11.8 Å². The highest BCUT2D eigenvalue weighted by Gasteiger charge is 2.24. The van der Waals surface area contributed by atoms with Gasteiger partial charge in [-0.2, -0.15) is 0 Å². The second-order valence-corrected chi connectivity index (χ2v) is 5.71. The standard InChI is InChI=1S/C15H17N3O2S/c1-16-14-7-10(8-19-2)17-15(18-14)12-9-21-13-6-4-3-5-11(13)20-12/h3-7,12H,8-9H2,1-2H3,(H,16,17,18). The van der Waals surface area contributed by atoms with E-state index in [2.05, 4.69) is 21.4 Å². The summed E-state index contributed by atoms with van der Waals surface area (Å²) in [5, 5.41) is 3.06. The number of ether oxygens (including phenoxy) is 2. The van der Waals surface area contributed by atoms with Gasteiger partial charge in [-0.25, -0.2) is 9.97 Å². The van der Waals surface area contributed by atoms with E-state index in [0.29, 0.717) is 12.4 Å². The summed E-state index contributed by atoms with van der Waals surface area (Å²) >= 11 is 1.77. The van der Waals surface area contributed by atoms with Gasteiger partial charge >= 0.3 is 0 Å². The van der Waals surface area contributed by atoms with Crippen molar-refractivity contribution in [2.75, 3.05) is 25.2 Å². The molecule has 0 aliphatic carbocycles. The van der Waals surface area contributed by atoms with E-state index in [0.717, 1.165) is 27.9 Å². The van der Waals surface area contributed by atoms with E-state index >= 15 is 0 Å². The SMILES string of the molecule is CNc1cc(COC)nc(C2CSc3ccccc3O2)n1. The Balaban J connectivity index is 1.89. The zero-order chi connectivity index (χ0) is 14.7. The average molecular weight is 303 g/mol. The summed E-state index contributed by atoms with van der Waals surface area (Å²) in [6.07, 6.45) is -0.145. The molecule has 0 spiro atoms. The maximum atomic E-state index is 6.04. The number of hydrogen-bond acceptors (Lipinski definition) is 6. The minimum atomic E-state index is -0.145. The molecule has 0 saturated carbocycles. The van der Waals surface area contributed by atoms with Gasteiger partial charge in [0.1, 0.15) is 11.6 Å². The molecule has 5 nitrogen and oxygen atoms in total. The normalized spacial score (nSPS) is 17.0. The first-order valence-corrected chi connectivity index (χ1v) is 7.71. The molecule has 1 aromatic carbocycles. The van der Waals surface area contributed by atoms with Gasteiger partial charge in [0, 0.05) is 30.9 Å². The van der Waals surface area contributed by atoms with Gasteiger partial charge < -0.3 is 14.8 Å². The van der Waals surface area contributed by atoms with Crippen LogP contribution in [0, 0.1) is 0 Å². The van der Waals surface area contributed by atoms with E-state index in [4.69, 9.17) is 9.47 Å². The molecule has 2 aromatic rings. The van der Waals surface area contributed by atoms with E-state index in [1.54, 1.807) is 18.9 Å². The highest BCUT2D eigenvalue weighted by molar-refractivity contribution is 7.99. The van der Waals surface area contributed by atoms with Crippen molar-refractivity contribution in [3.63, 3.8) is 0 Å². The van der Waals surface area contributed by atoms with Crippen LogP contribution in [0.5, 0.6) is 5.75 Å². The van der Waals surface area contributed by atoms with Crippen LogP contribution in [-0.4, -0.2) is 29.9 Å². The van der Waals surface area contributed by atoms with Crippen LogP contribution in [0.15, 0.2) is 35.2 Å². The van der Waals surface area contributed by atoms with Gasteiger partial charge in [-0.1, -0.05) is 12.1 Å². The molecule has 0 bridgehead atoms. The lowest BCUT2D eigenvalue weighted by Crippen LogP contribution is -2.19. The largest absolute Gasteiger partial charge is 0.480 e. The van der Waals surface area contributed by atoms with Crippen LogP contribution < -0.4 is 10.1 Å². The molecule has 21 heavy (non-hydrogen) atoms. The average Bonchev–Trinajstić information content (AvgIpc) is 2.54. The van der Waals surface area contributed by atoms with E-state index in [1.165, 1.54) is 0 Å². The number of para-hydroxylation sites is 1. The number of thioether (sulfide) groups is 1. The molecule has 0 radical (unpaired) electrons. The Morgan fingerprint density at radius 3 is 3.05 bits per heavy atom. The number of fused-ring (bicyclic) bond motifs is 1. The van der Waals surface area contributed by atoms with Crippen LogP contribution in [0.2, 0.25) is 0 Å². The molecule has 1 aliphatic heterocycles. The Morgan fingerprint density at radius 1 is 1.38 bits per heavy atom. The third-order valence-corrected chi connectivity index (χ3v) is 4.26. The second-order valence-electron chi connectivity index (χ2n) is 4.65. The molecule has 110 valence electrons. The number of nitrogens with zero attached hydrogens (tertiary/aromatic N) is 2. The number of methoxy groups -OCH3 is 1. The van der Waals surface area contributed by atoms with Crippen molar-refractivity contribution in [2.45, 2.75) is 17.6 Å². The van der Waals surface area contributed by atoms with Crippen molar-refractivity contribution in [1.82, 2.24) is 9.97 Å². The van der Waals surface area contributed by atoms with Crippen molar-refractivity contribution >= 4 is 17.6 Å². The van der Waals surface area contributed by atoms with E-state index in [9.17, 15) is 0 Å². The van der Waals surface area contributed by atoms with E-state index < -0.39 is 0 Å². The minimum absolute atomic E-state index is 0.145. The Bertz CT molecular complexity index is 636. The maximum absolute atomic E-state index is 6.04. The summed E-state index contributed by atoms with van der Waals surface area (Å²) < 4.78 is 11.2. The molecule has 6 heteroatoms. The zero-order valence-electron chi connectivity index (χ0n) is 12.0. The number of rotatable bonds is 4. The first kappa shape index (κ1) is 14.2. The van der Waals surface area contributed by atoms with E-state index in [-0.39, 0.29) is 6.10 Å². The molecular formula is C15H17N3O2S. The quantitative estimate of drug-likeness (QED) is 0.937. The van der Waals surface area contributed by atoms with Gasteiger partial charge in [-0.05, 0) is 12.1 Å². The number of aromatic nitrogens is 2. The number of anilines is 1. The third kappa shape index (κ3) is 3.11. The van der Waals surface area contributed by atoms with Crippen molar-refractivity contribution in [3.8, 4) is 5.75 Å². The molecule has 3 rings (SSSR count). The van der Waals surface area contributed by atoms with Gasteiger partial charge in [0.25, 0.3) is 0 Å². The molecule has 0 fully saturated rings. The fraction of sp³-hybridized carbons (Fsp3) is 0.333. The number of hydrogen-bond donors (Lipinski definition) is 1. The molecule has 1 N–H and O–H groups in total. The predicted octanol–water partition coefficient (Wildman–Crippen LogP) is 2.89. The summed E-state index contributed by atoms with van der Waals surface area (Å²) in [5.74, 6) is 3.16. The lowest BCUT2D eigenvalue weighted by atomic mass is 10.3. The summed E-state index contributed by atoms with van der Waals surface area (Å²) in [6.45, 7) is 0.459. The second kappa shape index (κ2) is 6.32. The lowest BCUT2D eigenvalue weighted by molar-refractivity contribution is 0.178. The Morgan fingerprint density at radius 2 is 2.24 bits per heavy atom. The summed E-state index contributed by atoms with van der Waals surface area (Å²) in [4.78, 5) is 10.2. The molecule has 0 amide bonds. The highest BCUT2D eigenvalue weighted by Crippen LogP contribution is 2.39. The molecule has 1 aromatic heterocycles. The van der Waals surface area contributed by atoms with Gasteiger partial charge in [0.15, 0.2) is 11.9 Å². The minimum Gasteiger partial charge on any atom is -0.480 e. The third-order valence-electron chi connectivity index (χ3n) is 3.14. The van der Waals surface area contributed by atoms with Gasteiger partial charge in [0.05, 0.1) is 12.3 Å². The van der Waals surface area contributed by atoms with E-state index in [1.807, 2.05) is 31.3 Å². The van der Waals surface area contributed by atoms with Gasteiger partial charge in [0.2, 0.25) is 0 Å². The van der Waals surface area contributed by atoms with Crippen molar-refractivity contribution in [2.24, 2.45) is 0 Å². The molecule has 1 unspecified atom stereocenters. The summed E-state index contributed by atoms with van der Waals surface area (Å²) in [7, 11) is 3.50. The highest BCUT2D eigenvalue weighted by atomic mass is 32.2. The van der Waals surface area contributed by atoms with Crippen LogP contribution in [0.25, 0.3) is 0 Å². The number of benzene rings is 1. The summed E-state index contributed by atoms with van der Waals surface area (Å²) in [6, 6.07) is 9.92. The maximum Gasteiger partial charge on any atom is 0.172 e. The van der Waals surface area contributed by atoms with Crippen LogP contribution in [0.1, 0.15) is 17.6 Å². The number of nitrogens with one attached hydrogen (secondary N) is 1. The van der Waals surface area contributed by atoms with Crippen LogP contribution in [0.4, 0.5) is 5.82 Å². The molecule has 0 saturated heterocycles. The first-order chi connectivity index (χ1) is 10.3. The van der Waals surface area contributed by atoms with Crippen molar-refractivity contribution < 1.29 is 9.47 Å². The fourth-order valence-corrected chi connectivity index (χ4v) is 3.14. The topological polar surface area (TPSA) is 56.3 Å². The molecule has 2 heterocycles. The fourth-order valence-electron chi connectivity index (χ4n) is 2.16. The summed E-state index contributed by atoms with van der Waals surface area (Å²) in [5.41, 5.74) is 0.847. The Labute approximate surface area is 128 Å². The van der Waals surface area contributed by atoms with Crippen LogP contribution in [-0.2, 0) is 11.3 Å². The monoisotopic (exact) mass is 303 g/mol. The predicted molar refractivity (Wildman–Crippen MR) is 82.8 cm³/mol. The van der Waals surface area contributed by atoms with Crippen molar-refractivity contribution in [1.29, 1.82) is 0 Å². The molecule has 1 atom stereocenters. The lowest BCUT2D eigenvalue weighted by Gasteiger charge is -2.25. The zero-order valence-corrected chi connectivity index (χ0v) is 12.8. The van der Waals surface area contributed by atoms with Gasteiger partial charge in [-0.3, -0.25) is 0 Å². The molecular weight excluding hydrogens is 286 g/mol. The Hall–Kier alpha value is -1.79. The first-order valence-electron chi connectivity index (χ1n) is 6.73. The molecule has 1 aliphatic rings. The van der Waals surface area contributed by atoms with Crippen molar-refractivity contribution in [3.05, 3.63) is 41.9 Å². The smallest absolute Gasteiger partial charge is 0.172 e. The van der Waals surface area contributed by atoms with Crippen LogP contribution >= 0.6 is 11.8 Å². The van der Waals surface area contributed by atoms with Crippen LogP contribution in [0.3, 0.4) is 0 Å².